The largest absolute Gasteiger partial charge is 0.294 e. The minimum atomic E-state index is -0.225. The number of aryl methyl sites for hydroxylation is 2. The molecule has 0 aliphatic rings. The number of H-pyrrole nitrogens is 1. The molecule has 6 heteroatoms. The maximum absolute atomic E-state index is 12.5. The molecule has 0 spiro atoms. The Kier molecular flexibility index (Phi) is 5.41. The fraction of sp³-hybridized carbons (Fsp3) is 0.300. The predicted octanol–water partition coefficient (Wildman–Crippen LogP) is 3.03. The molecular weight excluding hydrogens is 328 g/mol. The molecule has 0 aliphatic carbocycles. The van der Waals surface area contributed by atoms with Crippen LogP contribution in [-0.4, -0.2) is 25.5 Å². The number of carbonyl (C=O) groups is 1. The van der Waals surface area contributed by atoms with E-state index in [0.29, 0.717) is 35.7 Å². The molecule has 26 heavy (non-hydrogen) atoms. The molecular formula is C20H22N4O2. The third-order valence-electron chi connectivity index (χ3n) is 4.37. The number of aromatic nitrogens is 4. The third kappa shape index (κ3) is 3.96. The molecule has 6 nitrogen and oxygen atoms in total. The van der Waals surface area contributed by atoms with Gasteiger partial charge in [-0.15, -0.1) is 0 Å². The highest BCUT2D eigenvalue weighted by atomic mass is 16.1. The monoisotopic (exact) mass is 350 g/mol. The summed E-state index contributed by atoms with van der Waals surface area (Å²) in [5.74, 6) is 0.397. The van der Waals surface area contributed by atoms with Gasteiger partial charge in [0, 0.05) is 18.2 Å². The van der Waals surface area contributed by atoms with Gasteiger partial charge in [0.2, 0.25) is 5.95 Å². The van der Waals surface area contributed by atoms with Crippen molar-refractivity contribution in [3.05, 3.63) is 75.5 Å². The number of carbonyl (C=O) groups excluding carboxylic acids is 1. The van der Waals surface area contributed by atoms with Crippen LogP contribution in [0.3, 0.4) is 0 Å². The lowest BCUT2D eigenvalue weighted by atomic mass is 10.0. The van der Waals surface area contributed by atoms with E-state index < -0.39 is 0 Å². The van der Waals surface area contributed by atoms with Crippen LogP contribution in [0.25, 0.3) is 5.95 Å². The Morgan fingerprint density at radius 3 is 2.73 bits per heavy atom. The molecule has 0 radical (unpaired) electrons. The quantitative estimate of drug-likeness (QED) is 0.664. The third-order valence-corrected chi connectivity index (χ3v) is 4.37. The summed E-state index contributed by atoms with van der Waals surface area (Å²) in [6.45, 7) is 3.75. The topological polar surface area (TPSA) is 80.6 Å². The standard InChI is InChI=1S/C20H22N4O2/c1-3-16-12-19(26)23-20(22-16)24-14(2)17(13-21-24)18(25)11-7-10-15-8-5-4-6-9-15/h4-6,8-9,12-13H,3,7,10-11H2,1-2H3,(H,22,23,26). The highest BCUT2D eigenvalue weighted by Crippen LogP contribution is 2.15. The van der Waals surface area contributed by atoms with Crippen LogP contribution < -0.4 is 5.56 Å². The summed E-state index contributed by atoms with van der Waals surface area (Å²) in [5.41, 5.74) is 2.95. The van der Waals surface area contributed by atoms with Crippen molar-refractivity contribution in [3.8, 4) is 5.95 Å². The van der Waals surface area contributed by atoms with E-state index in [1.54, 1.807) is 6.20 Å². The summed E-state index contributed by atoms with van der Waals surface area (Å²) in [5, 5.41) is 4.25. The van der Waals surface area contributed by atoms with Gasteiger partial charge in [-0.2, -0.15) is 5.10 Å². The Balaban J connectivity index is 1.73. The fourth-order valence-corrected chi connectivity index (χ4v) is 2.90. The van der Waals surface area contributed by atoms with Gasteiger partial charge in [0.15, 0.2) is 5.78 Å². The number of hydrogen-bond donors (Lipinski definition) is 1. The highest BCUT2D eigenvalue weighted by molar-refractivity contribution is 5.96. The molecule has 0 aliphatic heterocycles. The van der Waals surface area contributed by atoms with Crippen molar-refractivity contribution in [1.82, 2.24) is 19.7 Å². The summed E-state index contributed by atoms with van der Waals surface area (Å²) >= 11 is 0. The summed E-state index contributed by atoms with van der Waals surface area (Å²) in [7, 11) is 0. The van der Waals surface area contributed by atoms with E-state index in [4.69, 9.17) is 0 Å². The fourth-order valence-electron chi connectivity index (χ4n) is 2.90. The van der Waals surface area contributed by atoms with Crippen LogP contribution in [0.15, 0.2) is 47.4 Å². The zero-order valence-electron chi connectivity index (χ0n) is 15.0. The summed E-state index contributed by atoms with van der Waals surface area (Å²) < 4.78 is 1.52. The predicted molar refractivity (Wildman–Crippen MR) is 99.8 cm³/mol. The van der Waals surface area contributed by atoms with Crippen LogP contribution in [0.2, 0.25) is 0 Å². The van der Waals surface area contributed by atoms with Crippen LogP contribution >= 0.6 is 0 Å². The molecule has 0 fully saturated rings. The Morgan fingerprint density at radius 1 is 1.23 bits per heavy atom. The lowest BCUT2D eigenvalue weighted by Crippen LogP contribution is -2.16. The smallest absolute Gasteiger partial charge is 0.252 e. The van der Waals surface area contributed by atoms with Gasteiger partial charge in [0.25, 0.3) is 5.56 Å². The average Bonchev–Trinajstić information content (AvgIpc) is 3.03. The molecule has 0 bridgehead atoms. The molecule has 134 valence electrons. The average molecular weight is 350 g/mol. The number of nitrogens with zero attached hydrogens (tertiary/aromatic N) is 3. The zero-order chi connectivity index (χ0) is 18.5. The van der Waals surface area contributed by atoms with Crippen LogP contribution in [0.5, 0.6) is 0 Å². The van der Waals surface area contributed by atoms with Crippen molar-refractivity contribution in [1.29, 1.82) is 0 Å². The van der Waals surface area contributed by atoms with Crippen molar-refractivity contribution >= 4 is 5.78 Å². The van der Waals surface area contributed by atoms with Crippen molar-refractivity contribution in [2.24, 2.45) is 0 Å². The molecule has 2 aromatic heterocycles. The summed E-state index contributed by atoms with van der Waals surface area (Å²) in [4.78, 5) is 31.4. The minimum Gasteiger partial charge on any atom is -0.294 e. The van der Waals surface area contributed by atoms with Crippen LogP contribution in [0.4, 0.5) is 0 Å². The Morgan fingerprint density at radius 2 is 2.00 bits per heavy atom. The van der Waals surface area contributed by atoms with Crippen molar-refractivity contribution < 1.29 is 4.79 Å². The summed E-state index contributed by atoms with van der Waals surface area (Å²) in [6.07, 6.45) is 4.32. The van der Waals surface area contributed by atoms with Crippen molar-refractivity contribution in [2.45, 2.75) is 39.5 Å². The van der Waals surface area contributed by atoms with E-state index in [1.165, 1.54) is 16.3 Å². The second kappa shape index (κ2) is 7.91. The van der Waals surface area contributed by atoms with E-state index in [2.05, 4.69) is 27.2 Å². The first-order valence-electron chi connectivity index (χ1n) is 8.81. The highest BCUT2D eigenvalue weighted by Gasteiger charge is 2.16. The van der Waals surface area contributed by atoms with Crippen molar-refractivity contribution in [3.63, 3.8) is 0 Å². The van der Waals surface area contributed by atoms with Crippen molar-refractivity contribution in [2.75, 3.05) is 0 Å². The molecule has 3 rings (SSSR count). The molecule has 1 aromatic carbocycles. The number of benzene rings is 1. The van der Waals surface area contributed by atoms with Gasteiger partial charge in [-0.25, -0.2) is 9.67 Å². The lowest BCUT2D eigenvalue weighted by Gasteiger charge is -2.06. The Labute approximate surface area is 151 Å². The maximum atomic E-state index is 12.5. The number of nitrogens with one attached hydrogen (secondary N) is 1. The van der Waals surface area contributed by atoms with Gasteiger partial charge in [-0.05, 0) is 31.7 Å². The molecule has 0 unspecified atom stereocenters. The SMILES string of the molecule is CCc1cc(=O)[nH]c(-n2ncc(C(=O)CCCc3ccccc3)c2C)n1. The number of ketones is 1. The molecule has 2 heterocycles. The second-order valence-corrected chi connectivity index (χ2v) is 6.23. The molecule has 0 atom stereocenters. The van der Waals surface area contributed by atoms with E-state index in [-0.39, 0.29) is 11.3 Å². The molecule has 0 saturated carbocycles. The van der Waals surface area contributed by atoms with Gasteiger partial charge in [-0.3, -0.25) is 14.6 Å². The Hall–Kier alpha value is -3.02. The van der Waals surface area contributed by atoms with E-state index in [9.17, 15) is 9.59 Å². The van der Waals surface area contributed by atoms with E-state index >= 15 is 0 Å². The van der Waals surface area contributed by atoms with Gasteiger partial charge in [0.05, 0.1) is 17.5 Å². The second-order valence-electron chi connectivity index (χ2n) is 6.23. The lowest BCUT2D eigenvalue weighted by molar-refractivity contribution is 0.0979. The number of hydrogen-bond acceptors (Lipinski definition) is 4. The van der Waals surface area contributed by atoms with Gasteiger partial charge in [0.1, 0.15) is 0 Å². The Bertz CT molecular complexity index is 957. The van der Waals surface area contributed by atoms with Crippen LogP contribution in [0.1, 0.15) is 47.1 Å². The first kappa shape index (κ1) is 17.8. The van der Waals surface area contributed by atoms with E-state index in [0.717, 1.165) is 12.8 Å². The zero-order valence-corrected chi connectivity index (χ0v) is 15.0. The molecule has 1 N–H and O–H groups in total. The summed E-state index contributed by atoms with van der Waals surface area (Å²) in [6, 6.07) is 11.6. The maximum Gasteiger partial charge on any atom is 0.252 e. The molecule has 0 saturated heterocycles. The number of aromatic amines is 1. The van der Waals surface area contributed by atoms with Gasteiger partial charge in [-0.1, -0.05) is 37.3 Å². The number of Topliss-reactive ketones (excluding diaryl/α,β-unsaturated/α-hetero) is 1. The normalized spacial score (nSPS) is 10.8. The molecule has 0 amide bonds. The first-order valence-corrected chi connectivity index (χ1v) is 8.81. The number of rotatable bonds is 7. The minimum absolute atomic E-state index is 0.0543. The molecule has 3 aromatic rings. The first-order chi connectivity index (χ1) is 12.6. The van der Waals surface area contributed by atoms with Gasteiger partial charge < -0.3 is 0 Å². The van der Waals surface area contributed by atoms with Crippen LogP contribution in [-0.2, 0) is 12.8 Å². The van der Waals surface area contributed by atoms with Crippen LogP contribution in [0, 0.1) is 6.92 Å². The van der Waals surface area contributed by atoms with E-state index in [1.807, 2.05) is 32.0 Å². The van der Waals surface area contributed by atoms with Gasteiger partial charge >= 0.3 is 0 Å².